The molecule has 0 N–H and O–H groups in total. The molecule has 0 bridgehead atoms. The maximum Gasteiger partial charge on any atom is 0.315 e. The third kappa shape index (κ3) is 4.04. The molecule has 180 valence electrons. The summed E-state index contributed by atoms with van der Waals surface area (Å²) >= 11 is 0. The minimum Gasteiger partial charge on any atom is -0.493 e. The van der Waals surface area contributed by atoms with Gasteiger partial charge < -0.3 is 18.9 Å². The van der Waals surface area contributed by atoms with Gasteiger partial charge in [-0.1, -0.05) is 24.6 Å². The van der Waals surface area contributed by atoms with Crippen LogP contribution in [0.3, 0.4) is 0 Å². The number of carbonyl (C=O) groups is 2. The summed E-state index contributed by atoms with van der Waals surface area (Å²) in [6.07, 6.45) is 8.03. The lowest BCUT2D eigenvalue weighted by atomic mass is 9.69. The van der Waals surface area contributed by atoms with Gasteiger partial charge in [-0.15, -0.1) is 0 Å². The SMILES string of the molecule is COc1ccc(-c2ccc3c(c2)CCC3=O)c(OCC2(C(=O)OC3CCCC3)CCC2)c1OC. The molecule has 6 heteroatoms. The normalized spacial score (nSPS) is 18.8. The van der Waals surface area contributed by atoms with E-state index in [2.05, 4.69) is 6.07 Å². The van der Waals surface area contributed by atoms with E-state index in [1.165, 1.54) is 0 Å². The van der Waals surface area contributed by atoms with E-state index in [-0.39, 0.29) is 24.5 Å². The Bertz CT molecular complexity index is 1090. The molecule has 2 saturated carbocycles. The molecule has 0 radical (unpaired) electrons. The van der Waals surface area contributed by atoms with Gasteiger partial charge in [0.2, 0.25) is 5.75 Å². The Kier molecular flexibility index (Phi) is 6.24. The molecule has 0 aromatic heterocycles. The maximum atomic E-state index is 13.1. The van der Waals surface area contributed by atoms with E-state index < -0.39 is 5.41 Å². The van der Waals surface area contributed by atoms with Crippen LogP contribution in [0.2, 0.25) is 0 Å². The van der Waals surface area contributed by atoms with Crippen LogP contribution in [-0.2, 0) is 16.0 Å². The summed E-state index contributed by atoms with van der Waals surface area (Å²) in [7, 11) is 3.18. The number of methoxy groups -OCH3 is 2. The highest BCUT2D eigenvalue weighted by atomic mass is 16.6. The zero-order chi connectivity index (χ0) is 23.7. The number of hydrogen-bond acceptors (Lipinski definition) is 6. The van der Waals surface area contributed by atoms with Crippen LogP contribution in [0.15, 0.2) is 30.3 Å². The number of Topliss-reactive ketones (excluding diaryl/α,β-unsaturated/α-hetero) is 1. The van der Waals surface area contributed by atoms with Gasteiger partial charge in [-0.25, -0.2) is 0 Å². The molecule has 0 amide bonds. The van der Waals surface area contributed by atoms with Gasteiger partial charge in [0.15, 0.2) is 17.3 Å². The molecule has 0 aliphatic heterocycles. The molecule has 0 saturated heterocycles. The highest BCUT2D eigenvalue weighted by Crippen LogP contribution is 2.48. The van der Waals surface area contributed by atoms with Crippen molar-refractivity contribution in [2.45, 2.75) is 63.9 Å². The van der Waals surface area contributed by atoms with E-state index in [1.807, 2.05) is 24.3 Å². The molecule has 2 fully saturated rings. The summed E-state index contributed by atoms with van der Waals surface area (Å²) in [4.78, 5) is 25.2. The van der Waals surface area contributed by atoms with E-state index in [0.717, 1.165) is 73.6 Å². The van der Waals surface area contributed by atoms with Crippen molar-refractivity contribution in [1.82, 2.24) is 0 Å². The minimum atomic E-state index is -0.613. The first kappa shape index (κ1) is 22.8. The molecule has 6 nitrogen and oxygen atoms in total. The lowest BCUT2D eigenvalue weighted by Crippen LogP contribution is -2.45. The average Bonchev–Trinajstić information content (AvgIpc) is 3.47. The van der Waals surface area contributed by atoms with Gasteiger partial charge in [-0.05, 0) is 68.2 Å². The third-order valence-electron chi connectivity index (χ3n) is 7.65. The molecule has 0 unspecified atom stereocenters. The number of fused-ring (bicyclic) bond motifs is 1. The number of aryl methyl sites for hydroxylation is 1. The Morgan fingerprint density at radius 3 is 2.38 bits per heavy atom. The highest BCUT2D eigenvalue weighted by Gasteiger charge is 2.47. The Labute approximate surface area is 200 Å². The maximum absolute atomic E-state index is 13.1. The molecule has 0 heterocycles. The van der Waals surface area contributed by atoms with Gasteiger partial charge in [0.1, 0.15) is 18.1 Å². The summed E-state index contributed by atoms with van der Waals surface area (Å²) in [6.45, 7) is 0.235. The standard InChI is InChI=1S/C28H32O6/c1-31-24-13-11-22(19-8-10-21-18(16-19)9-12-23(21)29)25(26(24)32-2)33-17-28(14-5-15-28)27(30)34-20-6-3-4-7-20/h8,10-11,13,16,20H,3-7,9,12,14-15,17H2,1-2H3. The van der Waals surface area contributed by atoms with Crippen LogP contribution in [-0.4, -0.2) is 38.7 Å². The van der Waals surface area contributed by atoms with Crippen LogP contribution in [0, 0.1) is 5.41 Å². The number of hydrogen-bond donors (Lipinski definition) is 0. The smallest absolute Gasteiger partial charge is 0.315 e. The first-order valence-electron chi connectivity index (χ1n) is 12.3. The fourth-order valence-corrected chi connectivity index (χ4v) is 5.40. The van der Waals surface area contributed by atoms with Gasteiger partial charge in [-0.3, -0.25) is 9.59 Å². The van der Waals surface area contributed by atoms with Gasteiger partial charge in [-0.2, -0.15) is 0 Å². The summed E-state index contributed by atoms with van der Waals surface area (Å²) in [5, 5.41) is 0. The predicted octanol–water partition coefficient (Wildman–Crippen LogP) is 5.53. The first-order valence-corrected chi connectivity index (χ1v) is 12.3. The van der Waals surface area contributed by atoms with E-state index in [0.29, 0.717) is 23.7 Å². The number of rotatable bonds is 8. The molecule has 3 aliphatic carbocycles. The summed E-state index contributed by atoms with van der Waals surface area (Å²) in [5.41, 5.74) is 3.03. The fourth-order valence-electron chi connectivity index (χ4n) is 5.40. The Morgan fingerprint density at radius 2 is 1.71 bits per heavy atom. The van der Waals surface area contributed by atoms with Crippen LogP contribution in [0.1, 0.15) is 67.3 Å². The second kappa shape index (κ2) is 9.32. The van der Waals surface area contributed by atoms with Gasteiger partial charge in [0, 0.05) is 17.5 Å². The summed E-state index contributed by atoms with van der Waals surface area (Å²) in [6, 6.07) is 9.70. The molecule has 2 aromatic carbocycles. The van der Waals surface area contributed by atoms with Crippen LogP contribution in [0.4, 0.5) is 0 Å². The number of benzene rings is 2. The molecule has 0 atom stereocenters. The molecule has 3 aliphatic rings. The van der Waals surface area contributed by atoms with Crippen molar-refractivity contribution in [2.75, 3.05) is 20.8 Å². The lowest BCUT2D eigenvalue weighted by molar-refractivity contribution is -0.169. The third-order valence-corrected chi connectivity index (χ3v) is 7.65. The molecule has 5 rings (SSSR count). The van der Waals surface area contributed by atoms with Crippen molar-refractivity contribution in [3.8, 4) is 28.4 Å². The van der Waals surface area contributed by atoms with Crippen LogP contribution >= 0.6 is 0 Å². The van der Waals surface area contributed by atoms with Crippen molar-refractivity contribution in [3.05, 3.63) is 41.5 Å². The van der Waals surface area contributed by atoms with Gasteiger partial charge in [0.05, 0.1) is 14.2 Å². The number of esters is 1. The van der Waals surface area contributed by atoms with Gasteiger partial charge >= 0.3 is 5.97 Å². The largest absolute Gasteiger partial charge is 0.493 e. The highest BCUT2D eigenvalue weighted by molar-refractivity contribution is 6.01. The van der Waals surface area contributed by atoms with Gasteiger partial charge in [0.25, 0.3) is 0 Å². The Hall–Kier alpha value is -3.02. The average molecular weight is 465 g/mol. The summed E-state index contributed by atoms with van der Waals surface area (Å²) in [5.74, 6) is 1.66. The fraction of sp³-hybridized carbons (Fsp3) is 0.500. The second-order valence-electron chi connectivity index (χ2n) is 9.71. The van der Waals surface area contributed by atoms with E-state index in [1.54, 1.807) is 14.2 Å². The zero-order valence-corrected chi connectivity index (χ0v) is 20.0. The molecule has 0 spiro atoms. The minimum absolute atomic E-state index is 0.0426. The van der Waals surface area contributed by atoms with Crippen molar-refractivity contribution >= 4 is 11.8 Å². The summed E-state index contributed by atoms with van der Waals surface area (Å²) < 4.78 is 23.5. The molecule has 2 aromatic rings. The van der Waals surface area contributed by atoms with E-state index >= 15 is 0 Å². The topological polar surface area (TPSA) is 71.1 Å². The number of ether oxygens (including phenoxy) is 4. The van der Waals surface area contributed by atoms with Crippen LogP contribution in [0.25, 0.3) is 11.1 Å². The van der Waals surface area contributed by atoms with Crippen molar-refractivity contribution < 1.29 is 28.5 Å². The van der Waals surface area contributed by atoms with E-state index in [9.17, 15) is 9.59 Å². The van der Waals surface area contributed by atoms with E-state index in [4.69, 9.17) is 18.9 Å². The van der Waals surface area contributed by atoms with Crippen molar-refractivity contribution in [1.29, 1.82) is 0 Å². The molecular formula is C28H32O6. The van der Waals surface area contributed by atoms with Crippen molar-refractivity contribution in [2.24, 2.45) is 5.41 Å². The first-order chi connectivity index (χ1) is 16.5. The number of carbonyl (C=O) groups excluding carboxylic acids is 2. The van der Waals surface area contributed by atoms with Crippen LogP contribution < -0.4 is 14.2 Å². The molecular weight excluding hydrogens is 432 g/mol. The number of ketones is 1. The quantitative estimate of drug-likeness (QED) is 0.478. The predicted molar refractivity (Wildman–Crippen MR) is 128 cm³/mol. The lowest BCUT2D eigenvalue weighted by Gasteiger charge is -2.39. The Balaban J connectivity index is 1.45. The van der Waals surface area contributed by atoms with Crippen molar-refractivity contribution in [3.63, 3.8) is 0 Å². The Morgan fingerprint density at radius 1 is 0.941 bits per heavy atom. The monoisotopic (exact) mass is 464 g/mol. The second-order valence-corrected chi connectivity index (χ2v) is 9.71. The zero-order valence-electron chi connectivity index (χ0n) is 20.0. The molecule has 34 heavy (non-hydrogen) atoms. The van der Waals surface area contributed by atoms with Crippen LogP contribution in [0.5, 0.6) is 17.2 Å².